The van der Waals surface area contributed by atoms with E-state index < -0.39 is 0 Å². The third kappa shape index (κ3) is 3.48. The highest BCUT2D eigenvalue weighted by atomic mass is 35.5. The van der Waals surface area contributed by atoms with Gasteiger partial charge in [-0.1, -0.05) is 30.7 Å². The fraction of sp³-hybridized carbons (Fsp3) is 0.625. The van der Waals surface area contributed by atoms with Crippen LogP contribution in [0.2, 0.25) is 5.02 Å². The van der Waals surface area contributed by atoms with Crippen molar-refractivity contribution in [1.82, 2.24) is 10.2 Å². The van der Waals surface area contributed by atoms with Crippen LogP contribution in [0.4, 0.5) is 0 Å². The van der Waals surface area contributed by atoms with Gasteiger partial charge in [0.15, 0.2) is 0 Å². The lowest BCUT2D eigenvalue weighted by Crippen LogP contribution is -2.37. The number of benzene rings is 1. The molecule has 1 N–H and O–H groups in total. The molecule has 112 valence electrons. The number of likely N-dealkylation sites (tertiary alicyclic amines) is 1. The fourth-order valence-corrected chi connectivity index (χ4v) is 3.70. The molecule has 1 aromatic rings. The minimum atomic E-state index is 0. The highest BCUT2D eigenvalue weighted by Crippen LogP contribution is 2.36. The monoisotopic (exact) mass is 314 g/mol. The quantitative estimate of drug-likeness (QED) is 0.910. The van der Waals surface area contributed by atoms with Gasteiger partial charge in [0.1, 0.15) is 0 Å². The number of hydrogen-bond donors (Lipinski definition) is 1. The third-order valence-corrected chi connectivity index (χ3v) is 4.91. The van der Waals surface area contributed by atoms with Crippen molar-refractivity contribution in [2.45, 2.75) is 32.2 Å². The van der Waals surface area contributed by atoms with E-state index in [0.717, 1.165) is 11.6 Å². The zero-order valence-electron chi connectivity index (χ0n) is 12.1. The van der Waals surface area contributed by atoms with Gasteiger partial charge < -0.3 is 5.32 Å². The van der Waals surface area contributed by atoms with Crippen LogP contribution in [0.3, 0.4) is 0 Å². The van der Waals surface area contributed by atoms with Gasteiger partial charge in [0.05, 0.1) is 0 Å². The normalized spacial score (nSPS) is 30.4. The number of nitrogens with zero attached hydrogens (tertiary/aromatic N) is 1. The van der Waals surface area contributed by atoms with Gasteiger partial charge in [-0.15, -0.1) is 12.4 Å². The van der Waals surface area contributed by atoms with E-state index in [9.17, 15) is 0 Å². The minimum Gasteiger partial charge on any atom is -0.316 e. The number of rotatable bonds is 3. The maximum Gasteiger partial charge on any atom is 0.0406 e. The Kier molecular flexibility index (Phi) is 5.36. The van der Waals surface area contributed by atoms with Crippen LogP contribution >= 0.6 is 24.0 Å². The van der Waals surface area contributed by atoms with Crippen LogP contribution in [0.1, 0.15) is 37.8 Å². The zero-order valence-corrected chi connectivity index (χ0v) is 13.6. The van der Waals surface area contributed by atoms with Crippen molar-refractivity contribution >= 4 is 24.0 Å². The summed E-state index contributed by atoms with van der Waals surface area (Å²) in [4.78, 5) is 2.68. The van der Waals surface area contributed by atoms with Gasteiger partial charge in [-0.3, -0.25) is 4.90 Å². The van der Waals surface area contributed by atoms with Crippen molar-refractivity contribution in [3.05, 3.63) is 34.9 Å². The largest absolute Gasteiger partial charge is 0.316 e. The van der Waals surface area contributed by atoms with E-state index in [1.807, 2.05) is 12.1 Å². The molecule has 2 saturated heterocycles. The molecule has 2 aliphatic rings. The summed E-state index contributed by atoms with van der Waals surface area (Å²) < 4.78 is 0. The van der Waals surface area contributed by atoms with Crippen LogP contribution in [0.15, 0.2) is 24.3 Å². The summed E-state index contributed by atoms with van der Waals surface area (Å²) >= 11 is 5.99. The predicted octanol–water partition coefficient (Wildman–Crippen LogP) is 3.90. The van der Waals surface area contributed by atoms with E-state index in [2.05, 4.69) is 29.3 Å². The van der Waals surface area contributed by atoms with Gasteiger partial charge in [-0.2, -0.15) is 0 Å². The first-order valence-electron chi connectivity index (χ1n) is 7.37. The lowest BCUT2D eigenvalue weighted by molar-refractivity contribution is 0.165. The standard InChI is InChI=1S/C16H23ClN2.ClH/c1-16(8-9-18-11-16)12-19-10-2-3-15(19)13-4-6-14(17)7-5-13;/h4-7,15,18H,2-3,8-12H2,1H3;1H. The molecule has 2 heterocycles. The maximum atomic E-state index is 5.99. The van der Waals surface area contributed by atoms with Crippen LogP contribution in [-0.2, 0) is 0 Å². The third-order valence-electron chi connectivity index (χ3n) is 4.66. The van der Waals surface area contributed by atoms with Crippen molar-refractivity contribution < 1.29 is 0 Å². The molecule has 2 nitrogen and oxygen atoms in total. The smallest absolute Gasteiger partial charge is 0.0406 e. The van der Waals surface area contributed by atoms with E-state index in [1.165, 1.54) is 44.5 Å². The number of hydrogen-bond acceptors (Lipinski definition) is 2. The molecule has 2 aliphatic heterocycles. The first kappa shape index (κ1) is 16.1. The Morgan fingerprint density at radius 2 is 2.10 bits per heavy atom. The number of nitrogens with one attached hydrogen (secondary N) is 1. The Hall–Kier alpha value is -0.280. The lowest BCUT2D eigenvalue weighted by atomic mass is 9.88. The van der Waals surface area contributed by atoms with E-state index in [-0.39, 0.29) is 12.4 Å². The molecular weight excluding hydrogens is 291 g/mol. The van der Waals surface area contributed by atoms with Crippen molar-refractivity contribution in [2.75, 3.05) is 26.2 Å². The number of halogens is 2. The summed E-state index contributed by atoms with van der Waals surface area (Å²) in [6.07, 6.45) is 3.90. The van der Waals surface area contributed by atoms with Gasteiger partial charge in [0.25, 0.3) is 0 Å². The van der Waals surface area contributed by atoms with Crippen molar-refractivity contribution in [1.29, 1.82) is 0 Å². The second kappa shape index (κ2) is 6.65. The second-order valence-electron chi connectivity index (χ2n) is 6.42. The molecule has 20 heavy (non-hydrogen) atoms. The van der Waals surface area contributed by atoms with Crippen LogP contribution in [0.5, 0.6) is 0 Å². The molecule has 1 aromatic carbocycles. The van der Waals surface area contributed by atoms with Crippen LogP contribution < -0.4 is 5.32 Å². The molecule has 0 aromatic heterocycles. The molecule has 0 aliphatic carbocycles. The average molecular weight is 315 g/mol. The van der Waals surface area contributed by atoms with Crippen LogP contribution in [0, 0.1) is 5.41 Å². The van der Waals surface area contributed by atoms with Gasteiger partial charge in [-0.05, 0) is 55.5 Å². The highest BCUT2D eigenvalue weighted by Gasteiger charge is 2.35. The first-order valence-corrected chi connectivity index (χ1v) is 7.74. The molecule has 0 radical (unpaired) electrons. The molecule has 4 heteroatoms. The summed E-state index contributed by atoms with van der Waals surface area (Å²) in [6.45, 7) is 7.22. The van der Waals surface area contributed by atoms with Gasteiger partial charge in [0.2, 0.25) is 0 Å². The Labute approximate surface area is 133 Å². The zero-order chi connectivity index (χ0) is 13.3. The molecule has 0 saturated carbocycles. The van der Waals surface area contributed by atoms with Crippen molar-refractivity contribution in [3.63, 3.8) is 0 Å². The summed E-state index contributed by atoms with van der Waals surface area (Å²) in [7, 11) is 0. The highest BCUT2D eigenvalue weighted by molar-refractivity contribution is 6.30. The predicted molar refractivity (Wildman–Crippen MR) is 87.8 cm³/mol. The molecule has 2 atom stereocenters. The Morgan fingerprint density at radius 3 is 2.75 bits per heavy atom. The first-order chi connectivity index (χ1) is 9.16. The molecule has 0 bridgehead atoms. The van der Waals surface area contributed by atoms with E-state index >= 15 is 0 Å². The summed E-state index contributed by atoms with van der Waals surface area (Å²) in [5.41, 5.74) is 1.88. The van der Waals surface area contributed by atoms with Crippen molar-refractivity contribution in [2.24, 2.45) is 5.41 Å². The minimum absolute atomic E-state index is 0. The lowest BCUT2D eigenvalue weighted by Gasteiger charge is -2.33. The van der Waals surface area contributed by atoms with Crippen LogP contribution in [-0.4, -0.2) is 31.1 Å². The fourth-order valence-electron chi connectivity index (χ4n) is 3.57. The van der Waals surface area contributed by atoms with Crippen LogP contribution in [0.25, 0.3) is 0 Å². The molecule has 2 unspecified atom stereocenters. The maximum absolute atomic E-state index is 5.99. The molecule has 0 spiro atoms. The Morgan fingerprint density at radius 1 is 1.35 bits per heavy atom. The summed E-state index contributed by atoms with van der Waals surface area (Å²) in [5.74, 6) is 0. The van der Waals surface area contributed by atoms with Crippen molar-refractivity contribution in [3.8, 4) is 0 Å². The van der Waals surface area contributed by atoms with Gasteiger partial charge >= 0.3 is 0 Å². The molecule has 3 rings (SSSR count). The van der Waals surface area contributed by atoms with E-state index in [1.54, 1.807) is 0 Å². The Bertz CT molecular complexity index is 427. The molecule has 0 amide bonds. The average Bonchev–Trinajstić information content (AvgIpc) is 3.00. The summed E-state index contributed by atoms with van der Waals surface area (Å²) in [5, 5.41) is 4.34. The van der Waals surface area contributed by atoms with Gasteiger partial charge in [-0.25, -0.2) is 0 Å². The van der Waals surface area contributed by atoms with E-state index in [4.69, 9.17) is 11.6 Å². The molecular formula is C16H24Cl2N2. The Balaban J connectivity index is 0.00000147. The van der Waals surface area contributed by atoms with E-state index in [0.29, 0.717) is 11.5 Å². The molecule has 2 fully saturated rings. The van der Waals surface area contributed by atoms with Gasteiger partial charge in [0, 0.05) is 24.2 Å². The second-order valence-corrected chi connectivity index (χ2v) is 6.85. The topological polar surface area (TPSA) is 15.3 Å². The summed E-state index contributed by atoms with van der Waals surface area (Å²) in [6, 6.07) is 9.02. The SMILES string of the molecule is CC1(CN2CCCC2c2ccc(Cl)cc2)CCNC1.Cl.